The van der Waals surface area contributed by atoms with E-state index >= 15 is 0 Å². The van der Waals surface area contributed by atoms with E-state index in [-0.39, 0.29) is 24.2 Å². The van der Waals surface area contributed by atoms with Crippen molar-refractivity contribution in [2.24, 2.45) is 5.92 Å². The summed E-state index contributed by atoms with van der Waals surface area (Å²) in [6, 6.07) is 0. The van der Waals surface area contributed by atoms with Crippen molar-refractivity contribution in [1.29, 1.82) is 0 Å². The van der Waals surface area contributed by atoms with Gasteiger partial charge in [-0.25, -0.2) is 4.79 Å². The number of amides is 1. The molecule has 1 saturated carbocycles. The van der Waals surface area contributed by atoms with Gasteiger partial charge in [-0.15, -0.1) is 0 Å². The number of rotatable bonds is 3. The van der Waals surface area contributed by atoms with Crippen molar-refractivity contribution < 1.29 is 19.4 Å². The molecule has 0 bridgehead atoms. The summed E-state index contributed by atoms with van der Waals surface area (Å²) in [6.45, 7) is 4.19. The standard InChI is InChI=1S/C13H19NO4/c1-2-8-18-12(17)14-7-4-10(11(15)16)9-13(14)5-3-6-13/h2,10H,1,3-9H2,(H,15,16). The molecule has 18 heavy (non-hydrogen) atoms. The van der Waals surface area contributed by atoms with Gasteiger partial charge in [0.1, 0.15) is 6.61 Å². The fraction of sp³-hybridized carbons (Fsp3) is 0.692. The van der Waals surface area contributed by atoms with Gasteiger partial charge in [0.15, 0.2) is 0 Å². The summed E-state index contributed by atoms with van der Waals surface area (Å²) in [7, 11) is 0. The first kappa shape index (κ1) is 12.9. The van der Waals surface area contributed by atoms with Crippen LogP contribution in [-0.2, 0) is 9.53 Å². The molecule has 100 valence electrons. The Morgan fingerprint density at radius 1 is 1.50 bits per heavy atom. The lowest BCUT2D eigenvalue weighted by atomic mass is 9.67. The fourth-order valence-corrected chi connectivity index (χ4v) is 2.96. The van der Waals surface area contributed by atoms with Crippen LogP contribution < -0.4 is 0 Å². The van der Waals surface area contributed by atoms with Gasteiger partial charge in [0, 0.05) is 12.1 Å². The van der Waals surface area contributed by atoms with Crippen LogP contribution in [0.4, 0.5) is 4.79 Å². The van der Waals surface area contributed by atoms with Crippen molar-refractivity contribution in [2.75, 3.05) is 13.2 Å². The minimum Gasteiger partial charge on any atom is -0.481 e. The number of carbonyl (C=O) groups excluding carboxylic acids is 1. The highest BCUT2D eigenvalue weighted by atomic mass is 16.6. The lowest BCUT2D eigenvalue weighted by Gasteiger charge is -2.53. The second-order valence-corrected chi connectivity index (χ2v) is 5.12. The minimum absolute atomic E-state index is 0.202. The molecule has 1 amide bonds. The van der Waals surface area contributed by atoms with Gasteiger partial charge in [0.2, 0.25) is 0 Å². The van der Waals surface area contributed by atoms with E-state index in [0.717, 1.165) is 19.3 Å². The molecular formula is C13H19NO4. The zero-order valence-corrected chi connectivity index (χ0v) is 10.4. The predicted molar refractivity (Wildman–Crippen MR) is 65.2 cm³/mol. The molecule has 2 aliphatic rings. The number of likely N-dealkylation sites (tertiary alicyclic amines) is 1. The minimum atomic E-state index is -0.750. The van der Waals surface area contributed by atoms with Crippen molar-refractivity contribution in [1.82, 2.24) is 4.90 Å². The molecule has 0 aromatic heterocycles. The van der Waals surface area contributed by atoms with Crippen LogP contribution in [0, 0.1) is 5.92 Å². The molecule has 0 aromatic rings. The van der Waals surface area contributed by atoms with Gasteiger partial charge >= 0.3 is 12.1 Å². The molecule has 1 saturated heterocycles. The van der Waals surface area contributed by atoms with Gasteiger partial charge in [0.25, 0.3) is 0 Å². The Hall–Kier alpha value is -1.52. The van der Waals surface area contributed by atoms with E-state index in [1.807, 2.05) is 0 Å². The Labute approximate surface area is 106 Å². The van der Waals surface area contributed by atoms with Gasteiger partial charge < -0.3 is 14.7 Å². The number of aliphatic carboxylic acids is 1. The average Bonchev–Trinajstić information content (AvgIpc) is 2.33. The highest BCUT2D eigenvalue weighted by Gasteiger charge is 2.50. The summed E-state index contributed by atoms with van der Waals surface area (Å²) in [6.07, 6.45) is 5.11. The maximum Gasteiger partial charge on any atom is 0.410 e. The topological polar surface area (TPSA) is 66.8 Å². The first-order valence-corrected chi connectivity index (χ1v) is 6.37. The van der Waals surface area contributed by atoms with E-state index in [0.29, 0.717) is 19.4 Å². The van der Waals surface area contributed by atoms with E-state index in [2.05, 4.69) is 6.58 Å². The SMILES string of the molecule is C=CCOC(=O)N1CCC(C(=O)O)CC12CCC2. The van der Waals surface area contributed by atoms with Crippen LogP contribution in [0.5, 0.6) is 0 Å². The van der Waals surface area contributed by atoms with Crippen LogP contribution in [0.25, 0.3) is 0 Å². The lowest BCUT2D eigenvalue weighted by molar-refractivity contribution is -0.147. The first-order chi connectivity index (χ1) is 8.59. The maximum absolute atomic E-state index is 12.0. The molecule has 1 aliphatic heterocycles. The van der Waals surface area contributed by atoms with Crippen LogP contribution >= 0.6 is 0 Å². The summed E-state index contributed by atoms with van der Waals surface area (Å²) < 4.78 is 5.08. The zero-order chi connectivity index (χ0) is 13.2. The zero-order valence-electron chi connectivity index (χ0n) is 10.4. The van der Waals surface area contributed by atoms with E-state index in [4.69, 9.17) is 9.84 Å². The third-order valence-electron chi connectivity index (χ3n) is 4.08. The Morgan fingerprint density at radius 3 is 2.72 bits per heavy atom. The molecular weight excluding hydrogens is 234 g/mol. The Bertz CT molecular complexity index is 362. The Balaban J connectivity index is 2.05. The number of ether oxygens (including phenoxy) is 1. The van der Waals surface area contributed by atoms with Gasteiger partial charge in [-0.3, -0.25) is 4.79 Å². The maximum atomic E-state index is 12.0. The highest BCUT2D eigenvalue weighted by molar-refractivity contribution is 5.73. The average molecular weight is 253 g/mol. The summed E-state index contributed by atoms with van der Waals surface area (Å²) in [4.78, 5) is 24.8. The molecule has 5 heteroatoms. The third kappa shape index (κ3) is 2.21. The number of carbonyl (C=O) groups is 2. The molecule has 1 N–H and O–H groups in total. The van der Waals surface area contributed by atoms with Gasteiger partial charge in [-0.1, -0.05) is 12.7 Å². The molecule has 2 fully saturated rings. The number of hydrogen-bond donors (Lipinski definition) is 1. The fourth-order valence-electron chi connectivity index (χ4n) is 2.96. The third-order valence-corrected chi connectivity index (χ3v) is 4.08. The number of piperidine rings is 1. The number of carboxylic acid groups (broad SMARTS) is 1. The second kappa shape index (κ2) is 5.00. The lowest BCUT2D eigenvalue weighted by Crippen LogP contribution is -2.61. The smallest absolute Gasteiger partial charge is 0.410 e. The van der Waals surface area contributed by atoms with Crippen LogP contribution in [0.2, 0.25) is 0 Å². The Kier molecular flexibility index (Phi) is 3.59. The van der Waals surface area contributed by atoms with Gasteiger partial charge in [0.05, 0.1) is 5.92 Å². The highest BCUT2D eigenvalue weighted by Crippen LogP contribution is 2.46. The quantitative estimate of drug-likeness (QED) is 0.781. The molecule has 1 unspecified atom stereocenters. The number of carboxylic acids is 1. The van der Waals surface area contributed by atoms with Crippen molar-refractivity contribution in [2.45, 2.75) is 37.6 Å². The van der Waals surface area contributed by atoms with E-state index in [1.54, 1.807) is 4.90 Å². The second-order valence-electron chi connectivity index (χ2n) is 5.12. The number of nitrogens with zero attached hydrogens (tertiary/aromatic N) is 1. The van der Waals surface area contributed by atoms with Gasteiger partial charge in [-0.05, 0) is 32.1 Å². The number of hydrogen-bond acceptors (Lipinski definition) is 3. The van der Waals surface area contributed by atoms with Crippen LogP contribution in [-0.4, -0.2) is 40.8 Å². The molecule has 0 radical (unpaired) electrons. The van der Waals surface area contributed by atoms with Crippen LogP contribution in [0.3, 0.4) is 0 Å². The van der Waals surface area contributed by atoms with E-state index in [1.165, 1.54) is 6.08 Å². The summed E-state index contributed by atoms with van der Waals surface area (Å²) in [5.41, 5.74) is -0.264. The van der Waals surface area contributed by atoms with Crippen molar-refractivity contribution in [3.63, 3.8) is 0 Å². The van der Waals surface area contributed by atoms with Gasteiger partial charge in [-0.2, -0.15) is 0 Å². The predicted octanol–water partition coefficient (Wildman–Crippen LogP) is 2.03. The molecule has 1 atom stereocenters. The van der Waals surface area contributed by atoms with Crippen molar-refractivity contribution in [3.8, 4) is 0 Å². The van der Waals surface area contributed by atoms with Crippen molar-refractivity contribution >= 4 is 12.1 Å². The van der Waals surface area contributed by atoms with E-state index < -0.39 is 5.97 Å². The van der Waals surface area contributed by atoms with Crippen LogP contribution in [0.1, 0.15) is 32.1 Å². The Morgan fingerprint density at radius 2 is 2.22 bits per heavy atom. The summed E-state index contributed by atoms with van der Waals surface area (Å²) in [5, 5.41) is 9.11. The molecule has 0 aromatic carbocycles. The largest absolute Gasteiger partial charge is 0.481 e. The first-order valence-electron chi connectivity index (χ1n) is 6.37. The molecule has 5 nitrogen and oxygen atoms in total. The normalized spacial score (nSPS) is 25.3. The van der Waals surface area contributed by atoms with Crippen molar-refractivity contribution in [3.05, 3.63) is 12.7 Å². The molecule has 1 aliphatic carbocycles. The van der Waals surface area contributed by atoms with E-state index in [9.17, 15) is 9.59 Å². The molecule has 2 rings (SSSR count). The van der Waals surface area contributed by atoms with Crippen LogP contribution in [0.15, 0.2) is 12.7 Å². The summed E-state index contributed by atoms with van der Waals surface area (Å²) >= 11 is 0. The summed E-state index contributed by atoms with van der Waals surface area (Å²) in [5.74, 6) is -1.07. The monoisotopic (exact) mass is 253 g/mol. The molecule has 1 spiro atoms. The molecule has 1 heterocycles.